The summed E-state index contributed by atoms with van der Waals surface area (Å²) in [5.41, 5.74) is 1.19. The van der Waals surface area contributed by atoms with E-state index in [0.29, 0.717) is 11.3 Å². The smallest absolute Gasteiger partial charge is 0.332 e. The zero-order valence-corrected chi connectivity index (χ0v) is 10.2. The number of hydrogen-bond donors (Lipinski definition) is 1. The topological polar surface area (TPSA) is 81.5 Å². The van der Waals surface area contributed by atoms with Gasteiger partial charge in [-0.05, 0) is 6.92 Å². The molecule has 0 aliphatic rings. The molecule has 0 heterocycles. The summed E-state index contributed by atoms with van der Waals surface area (Å²) in [7, 11) is 1.29. The van der Waals surface area contributed by atoms with Crippen LogP contribution in [0.3, 0.4) is 0 Å². The van der Waals surface area contributed by atoms with E-state index in [1.54, 1.807) is 25.1 Å². The molecular weight excluding hydrogens is 236 g/mol. The molecule has 1 N–H and O–H groups in total. The third-order valence-electron chi connectivity index (χ3n) is 2.28. The highest BCUT2D eigenvalue weighted by Crippen LogP contribution is 2.17. The highest BCUT2D eigenvalue weighted by molar-refractivity contribution is 5.82. The van der Waals surface area contributed by atoms with Crippen LogP contribution in [0.15, 0.2) is 36.0 Å². The van der Waals surface area contributed by atoms with Gasteiger partial charge in [-0.15, -0.1) is 0 Å². The maximum absolute atomic E-state index is 11.0. The van der Waals surface area contributed by atoms with Crippen molar-refractivity contribution in [1.29, 1.82) is 0 Å². The van der Waals surface area contributed by atoms with Gasteiger partial charge in [-0.1, -0.05) is 18.2 Å². The van der Waals surface area contributed by atoms with Gasteiger partial charge in [0.05, 0.1) is 12.0 Å². The molecule has 6 heteroatoms. The summed E-state index contributed by atoms with van der Waals surface area (Å²) >= 11 is 0. The average Bonchev–Trinajstić information content (AvgIpc) is 2.36. The van der Waals surface area contributed by atoms with E-state index in [9.17, 15) is 14.9 Å². The molecule has 0 unspecified atom stereocenters. The molecule has 96 valence electrons. The van der Waals surface area contributed by atoms with Gasteiger partial charge in [-0.2, -0.15) is 0 Å². The number of carbonyl (C=O) groups is 1. The lowest BCUT2D eigenvalue weighted by Gasteiger charge is -2.06. The molecule has 0 amide bonds. The molecule has 0 saturated heterocycles. The molecule has 0 saturated carbocycles. The zero-order valence-electron chi connectivity index (χ0n) is 10.2. The van der Waals surface area contributed by atoms with Gasteiger partial charge < -0.3 is 10.1 Å². The maximum atomic E-state index is 11.0. The van der Waals surface area contributed by atoms with Crippen molar-refractivity contribution in [1.82, 2.24) is 5.32 Å². The SMILES string of the molecule is COC(=O)/C=C(/C)NCc1ccccc1[N+](=O)[O-]. The summed E-state index contributed by atoms with van der Waals surface area (Å²) in [5, 5.41) is 13.7. The van der Waals surface area contributed by atoms with Crippen molar-refractivity contribution < 1.29 is 14.5 Å². The van der Waals surface area contributed by atoms with Crippen LogP contribution in [0.25, 0.3) is 0 Å². The minimum atomic E-state index is -0.470. The number of allylic oxidation sites excluding steroid dienone is 1. The van der Waals surface area contributed by atoms with E-state index < -0.39 is 10.9 Å². The molecule has 0 aliphatic carbocycles. The molecule has 6 nitrogen and oxygen atoms in total. The van der Waals surface area contributed by atoms with Crippen LogP contribution in [0.4, 0.5) is 5.69 Å². The minimum Gasteiger partial charge on any atom is -0.466 e. The molecule has 0 aromatic heterocycles. The predicted molar refractivity (Wildman–Crippen MR) is 65.7 cm³/mol. The lowest BCUT2D eigenvalue weighted by Crippen LogP contribution is -2.13. The van der Waals surface area contributed by atoms with Crippen molar-refractivity contribution in [2.75, 3.05) is 7.11 Å². The van der Waals surface area contributed by atoms with E-state index in [2.05, 4.69) is 10.1 Å². The van der Waals surface area contributed by atoms with Crippen molar-refractivity contribution in [2.24, 2.45) is 0 Å². The lowest BCUT2D eigenvalue weighted by molar-refractivity contribution is -0.385. The second-order valence-corrected chi connectivity index (χ2v) is 3.59. The number of benzene rings is 1. The summed E-state index contributed by atoms with van der Waals surface area (Å²) < 4.78 is 4.47. The number of para-hydroxylation sites is 1. The molecule has 18 heavy (non-hydrogen) atoms. The Kier molecular flexibility index (Phi) is 4.86. The quantitative estimate of drug-likeness (QED) is 0.372. The summed E-state index contributed by atoms with van der Waals surface area (Å²) in [5.74, 6) is -0.470. The summed E-state index contributed by atoms with van der Waals surface area (Å²) in [6, 6.07) is 6.44. The number of carbonyl (C=O) groups excluding carboxylic acids is 1. The first-order valence-corrected chi connectivity index (χ1v) is 5.27. The fraction of sp³-hybridized carbons (Fsp3) is 0.250. The number of nitrogens with zero attached hydrogens (tertiary/aromatic N) is 1. The van der Waals surface area contributed by atoms with Gasteiger partial charge in [-0.25, -0.2) is 4.79 Å². The minimum absolute atomic E-state index is 0.0517. The summed E-state index contributed by atoms with van der Waals surface area (Å²) in [4.78, 5) is 21.3. The molecule has 0 radical (unpaired) electrons. The van der Waals surface area contributed by atoms with Crippen LogP contribution in [-0.4, -0.2) is 18.0 Å². The highest BCUT2D eigenvalue weighted by atomic mass is 16.6. The molecule has 0 atom stereocenters. The Hall–Kier alpha value is -2.37. The Labute approximate surface area is 104 Å². The van der Waals surface area contributed by atoms with E-state index in [0.717, 1.165) is 0 Å². The Balaban J connectivity index is 2.72. The first-order chi connectivity index (χ1) is 8.54. The predicted octanol–water partition coefficient (Wildman–Crippen LogP) is 1.76. The number of ether oxygens (including phenoxy) is 1. The monoisotopic (exact) mass is 250 g/mol. The van der Waals surface area contributed by atoms with Crippen molar-refractivity contribution in [3.8, 4) is 0 Å². The number of esters is 1. The first-order valence-electron chi connectivity index (χ1n) is 5.27. The van der Waals surface area contributed by atoms with Gasteiger partial charge in [0, 0.05) is 29.9 Å². The fourth-order valence-electron chi connectivity index (χ4n) is 1.36. The molecule has 1 aromatic rings. The van der Waals surface area contributed by atoms with E-state index in [1.807, 2.05) is 0 Å². The van der Waals surface area contributed by atoms with Crippen molar-refractivity contribution >= 4 is 11.7 Å². The van der Waals surface area contributed by atoms with Crippen LogP contribution in [0, 0.1) is 10.1 Å². The maximum Gasteiger partial charge on any atom is 0.332 e. The average molecular weight is 250 g/mol. The van der Waals surface area contributed by atoms with Crippen LogP contribution in [-0.2, 0) is 16.1 Å². The molecule has 0 fully saturated rings. The number of methoxy groups -OCH3 is 1. The Bertz CT molecular complexity index is 483. The van der Waals surface area contributed by atoms with E-state index in [1.165, 1.54) is 19.3 Å². The Morgan fingerprint density at radius 2 is 2.17 bits per heavy atom. The normalized spacial score (nSPS) is 10.9. The van der Waals surface area contributed by atoms with Crippen LogP contribution in [0.1, 0.15) is 12.5 Å². The van der Waals surface area contributed by atoms with Gasteiger partial charge >= 0.3 is 5.97 Å². The van der Waals surface area contributed by atoms with Gasteiger partial charge in [0.1, 0.15) is 0 Å². The highest BCUT2D eigenvalue weighted by Gasteiger charge is 2.11. The second-order valence-electron chi connectivity index (χ2n) is 3.59. The fourth-order valence-corrected chi connectivity index (χ4v) is 1.36. The van der Waals surface area contributed by atoms with Crippen LogP contribution in [0.2, 0.25) is 0 Å². The van der Waals surface area contributed by atoms with Crippen LogP contribution < -0.4 is 5.32 Å². The van der Waals surface area contributed by atoms with E-state index >= 15 is 0 Å². The van der Waals surface area contributed by atoms with Gasteiger partial charge in [0.25, 0.3) is 5.69 Å². The number of nitro benzene ring substituents is 1. The summed E-state index contributed by atoms with van der Waals surface area (Å²) in [6.07, 6.45) is 1.29. The third-order valence-corrected chi connectivity index (χ3v) is 2.28. The van der Waals surface area contributed by atoms with Crippen molar-refractivity contribution in [2.45, 2.75) is 13.5 Å². The molecule has 0 aliphatic heterocycles. The molecule has 1 aromatic carbocycles. The first kappa shape index (κ1) is 13.7. The van der Waals surface area contributed by atoms with E-state index in [-0.39, 0.29) is 12.2 Å². The van der Waals surface area contributed by atoms with Gasteiger partial charge in [0.2, 0.25) is 0 Å². The Morgan fingerprint density at radius 3 is 2.78 bits per heavy atom. The van der Waals surface area contributed by atoms with Crippen molar-refractivity contribution in [3.63, 3.8) is 0 Å². The molecule has 0 bridgehead atoms. The lowest BCUT2D eigenvalue weighted by atomic mass is 10.2. The Morgan fingerprint density at radius 1 is 1.50 bits per heavy atom. The molecule has 1 rings (SSSR count). The summed E-state index contributed by atoms with van der Waals surface area (Å²) in [6.45, 7) is 1.96. The molecule has 0 spiro atoms. The number of nitro groups is 1. The van der Waals surface area contributed by atoms with Crippen molar-refractivity contribution in [3.05, 3.63) is 51.7 Å². The van der Waals surface area contributed by atoms with Gasteiger partial charge in [-0.3, -0.25) is 10.1 Å². The number of nitrogens with one attached hydrogen (secondary N) is 1. The standard InChI is InChI=1S/C12H14N2O4/c1-9(7-12(15)18-2)13-8-10-5-3-4-6-11(10)14(16)17/h3-7,13H,8H2,1-2H3/b9-7-. The largest absolute Gasteiger partial charge is 0.466 e. The zero-order chi connectivity index (χ0) is 13.5. The number of hydrogen-bond acceptors (Lipinski definition) is 5. The van der Waals surface area contributed by atoms with Crippen LogP contribution in [0.5, 0.6) is 0 Å². The van der Waals surface area contributed by atoms with Gasteiger partial charge in [0.15, 0.2) is 0 Å². The molecular formula is C12H14N2O4. The second kappa shape index (κ2) is 6.39. The van der Waals surface area contributed by atoms with Crippen LogP contribution >= 0.6 is 0 Å². The third kappa shape index (κ3) is 3.89. The number of rotatable bonds is 5. The van der Waals surface area contributed by atoms with E-state index in [4.69, 9.17) is 0 Å².